The minimum Gasteiger partial charge on any atom is -0.476 e. The van der Waals surface area contributed by atoms with Gasteiger partial charge in [-0.3, -0.25) is 0 Å². The normalized spacial score (nSPS) is 29.2. The molecule has 2 unspecified atom stereocenters. The molecule has 1 saturated carbocycles. The maximum absolute atomic E-state index is 11.0. The zero-order valence-corrected chi connectivity index (χ0v) is 11.0. The van der Waals surface area contributed by atoms with Crippen LogP contribution in [-0.4, -0.2) is 16.1 Å². The Morgan fingerprint density at radius 3 is 2.88 bits per heavy atom. The Labute approximate surface area is 105 Å². The number of aromatic carboxylic acids is 1. The molecule has 2 rings (SSSR count). The van der Waals surface area contributed by atoms with Crippen LogP contribution in [0.1, 0.15) is 53.0 Å². The molecule has 1 aromatic heterocycles. The van der Waals surface area contributed by atoms with Crippen molar-refractivity contribution >= 4 is 17.3 Å². The molecule has 94 valence electrons. The third-order valence-corrected chi connectivity index (χ3v) is 4.65. The zero-order chi connectivity index (χ0) is 12.6. The van der Waals surface area contributed by atoms with Crippen LogP contribution < -0.4 is 5.73 Å². The second kappa shape index (κ2) is 4.38. The van der Waals surface area contributed by atoms with E-state index in [-0.39, 0.29) is 5.69 Å². The van der Waals surface area contributed by atoms with E-state index in [2.05, 4.69) is 11.9 Å². The van der Waals surface area contributed by atoms with E-state index < -0.39 is 11.5 Å². The summed E-state index contributed by atoms with van der Waals surface area (Å²) in [4.78, 5) is 16.0. The highest BCUT2D eigenvalue weighted by molar-refractivity contribution is 7.12. The summed E-state index contributed by atoms with van der Waals surface area (Å²) >= 11 is 1.43. The van der Waals surface area contributed by atoms with E-state index in [4.69, 9.17) is 10.8 Å². The number of rotatable bonds is 2. The predicted molar refractivity (Wildman–Crippen MR) is 67.3 cm³/mol. The van der Waals surface area contributed by atoms with Crippen LogP contribution in [0.25, 0.3) is 0 Å². The monoisotopic (exact) mass is 254 g/mol. The molecule has 0 aromatic carbocycles. The van der Waals surface area contributed by atoms with Crippen molar-refractivity contribution in [3.8, 4) is 0 Å². The van der Waals surface area contributed by atoms with Gasteiger partial charge < -0.3 is 10.8 Å². The van der Waals surface area contributed by atoms with Gasteiger partial charge in [0, 0.05) is 4.88 Å². The topological polar surface area (TPSA) is 76.2 Å². The van der Waals surface area contributed by atoms with Crippen LogP contribution in [0.2, 0.25) is 0 Å². The first kappa shape index (κ1) is 12.5. The molecule has 0 aliphatic heterocycles. The van der Waals surface area contributed by atoms with Crippen molar-refractivity contribution in [3.63, 3.8) is 0 Å². The largest absolute Gasteiger partial charge is 0.476 e. The minimum absolute atomic E-state index is 0.160. The highest BCUT2D eigenvalue weighted by Crippen LogP contribution is 2.39. The third kappa shape index (κ3) is 2.35. The highest BCUT2D eigenvalue weighted by atomic mass is 32.1. The van der Waals surface area contributed by atoms with Gasteiger partial charge in [0.1, 0.15) is 5.01 Å². The summed E-state index contributed by atoms with van der Waals surface area (Å²) in [5.41, 5.74) is 6.15. The van der Waals surface area contributed by atoms with E-state index >= 15 is 0 Å². The number of aromatic nitrogens is 1. The molecular formula is C12H18N2O2S. The first-order valence-electron chi connectivity index (χ1n) is 5.92. The molecule has 2 atom stereocenters. The number of hydrogen-bond donors (Lipinski definition) is 2. The Morgan fingerprint density at radius 1 is 1.65 bits per heavy atom. The molecule has 5 heteroatoms. The van der Waals surface area contributed by atoms with Crippen LogP contribution in [0.3, 0.4) is 0 Å². The van der Waals surface area contributed by atoms with Crippen LogP contribution in [0.15, 0.2) is 0 Å². The molecule has 1 aliphatic rings. The van der Waals surface area contributed by atoms with E-state index in [1.807, 2.05) is 0 Å². The quantitative estimate of drug-likeness (QED) is 0.850. The van der Waals surface area contributed by atoms with E-state index in [1.54, 1.807) is 6.92 Å². The van der Waals surface area contributed by atoms with Crippen molar-refractivity contribution in [2.45, 2.75) is 45.1 Å². The van der Waals surface area contributed by atoms with Gasteiger partial charge in [-0.05, 0) is 25.7 Å². The maximum Gasteiger partial charge on any atom is 0.355 e. The standard InChI is InChI=1S/C12H18N2O2S/c1-7-4-3-5-12(13,6-7)11-14-9(10(15)16)8(2)17-11/h7H,3-6,13H2,1-2H3,(H,15,16). The average Bonchev–Trinajstić information content (AvgIpc) is 2.60. The van der Waals surface area contributed by atoms with Gasteiger partial charge in [-0.2, -0.15) is 0 Å². The van der Waals surface area contributed by atoms with Crippen LogP contribution in [-0.2, 0) is 5.54 Å². The molecule has 0 bridgehead atoms. The number of carboxylic acid groups (broad SMARTS) is 1. The fraction of sp³-hybridized carbons (Fsp3) is 0.667. The number of hydrogen-bond acceptors (Lipinski definition) is 4. The third-order valence-electron chi connectivity index (χ3n) is 3.46. The minimum atomic E-state index is -0.961. The highest BCUT2D eigenvalue weighted by Gasteiger charge is 2.36. The Hall–Kier alpha value is -0.940. The lowest BCUT2D eigenvalue weighted by Crippen LogP contribution is -2.41. The first-order valence-corrected chi connectivity index (χ1v) is 6.74. The van der Waals surface area contributed by atoms with E-state index in [1.165, 1.54) is 17.8 Å². The Bertz CT molecular complexity index is 444. The van der Waals surface area contributed by atoms with E-state index in [0.29, 0.717) is 5.92 Å². The summed E-state index contributed by atoms with van der Waals surface area (Å²) < 4.78 is 0. The van der Waals surface area contributed by atoms with Crippen molar-refractivity contribution in [2.75, 3.05) is 0 Å². The molecule has 1 aromatic rings. The van der Waals surface area contributed by atoms with Crippen LogP contribution >= 0.6 is 11.3 Å². The van der Waals surface area contributed by atoms with Crippen molar-refractivity contribution in [3.05, 3.63) is 15.6 Å². The van der Waals surface area contributed by atoms with Gasteiger partial charge >= 0.3 is 5.97 Å². The average molecular weight is 254 g/mol. The van der Waals surface area contributed by atoms with Crippen LogP contribution in [0.4, 0.5) is 0 Å². The Balaban J connectivity index is 2.33. The molecule has 1 heterocycles. The molecule has 4 nitrogen and oxygen atoms in total. The van der Waals surface area contributed by atoms with Crippen molar-refractivity contribution in [2.24, 2.45) is 11.7 Å². The van der Waals surface area contributed by atoms with Gasteiger partial charge in [-0.25, -0.2) is 9.78 Å². The van der Waals surface area contributed by atoms with Crippen molar-refractivity contribution in [1.29, 1.82) is 0 Å². The van der Waals surface area contributed by atoms with E-state index in [0.717, 1.165) is 29.1 Å². The SMILES string of the molecule is Cc1sc(C2(N)CCCC(C)C2)nc1C(=O)O. The second-order valence-electron chi connectivity index (χ2n) is 5.09. The molecule has 0 radical (unpaired) electrons. The van der Waals surface area contributed by atoms with Crippen molar-refractivity contribution < 1.29 is 9.90 Å². The fourth-order valence-electron chi connectivity index (χ4n) is 2.59. The number of carbonyl (C=O) groups is 1. The van der Waals surface area contributed by atoms with Gasteiger partial charge in [0.25, 0.3) is 0 Å². The number of carboxylic acids is 1. The molecular weight excluding hydrogens is 236 g/mol. The molecule has 0 amide bonds. The summed E-state index contributed by atoms with van der Waals surface area (Å²) in [6, 6.07) is 0. The lowest BCUT2D eigenvalue weighted by atomic mass is 9.77. The fourth-order valence-corrected chi connectivity index (χ4v) is 3.64. The first-order chi connectivity index (χ1) is 7.92. The van der Waals surface area contributed by atoms with Crippen LogP contribution in [0, 0.1) is 12.8 Å². The van der Waals surface area contributed by atoms with Gasteiger partial charge in [0.05, 0.1) is 5.54 Å². The summed E-state index contributed by atoms with van der Waals surface area (Å²) in [6.45, 7) is 3.99. The van der Waals surface area contributed by atoms with Crippen LogP contribution in [0.5, 0.6) is 0 Å². The van der Waals surface area contributed by atoms with Crippen molar-refractivity contribution in [1.82, 2.24) is 4.98 Å². The zero-order valence-electron chi connectivity index (χ0n) is 10.2. The Morgan fingerprint density at radius 2 is 2.35 bits per heavy atom. The molecule has 1 aliphatic carbocycles. The molecule has 3 N–H and O–H groups in total. The smallest absolute Gasteiger partial charge is 0.355 e. The summed E-state index contributed by atoms with van der Waals surface area (Å²) in [7, 11) is 0. The summed E-state index contributed by atoms with van der Waals surface area (Å²) in [6.07, 6.45) is 4.11. The lowest BCUT2D eigenvalue weighted by Gasteiger charge is -2.35. The maximum atomic E-state index is 11.0. The number of nitrogens with zero attached hydrogens (tertiary/aromatic N) is 1. The summed E-state index contributed by atoms with van der Waals surface area (Å²) in [5.74, 6) is -0.372. The van der Waals surface area contributed by atoms with Gasteiger partial charge in [0.15, 0.2) is 5.69 Å². The van der Waals surface area contributed by atoms with Gasteiger partial charge in [0.2, 0.25) is 0 Å². The summed E-state index contributed by atoms with van der Waals surface area (Å²) in [5, 5.41) is 9.81. The number of thiazole rings is 1. The number of nitrogens with two attached hydrogens (primary N) is 1. The molecule has 17 heavy (non-hydrogen) atoms. The predicted octanol–water partition coefficient (Wildman–Crippen LogP) is 2.51. The Kier molecular flexibility index (Phi) is 3.23. The van der Waals surface area contributed by atoms with E-state index in [9.17, 15) is 4.79 Å². The molecule has 0 spiro atoms. The second-order valence-corrected chi connectivity index (χ2v) is 6.29. The molecule has 1 fully saturated rings. The van der Waals surface area contributed by atoms with Gasteiger partial charge in [-0.15, -0.1) is 11.3 Å². The van der Waals surface area contributed by atoms with Gasteiger partial charge in [-0.1, -0.05) is 19.8 Å². The lowest BCUT2D eigenvalue weighted by molar-refractivity contribution is 0.0690. The number of aryl methyl sites for hydroxylation is 1. The molecule has 0 saturated heterocycles.